The second-order valence-corrected chi connectivity index (χ2v) is 5.05. The zero-order valence-electron chi connectivity index (χ0n) is 12.2. The van der Waals surface area contributed by atoms with E-state index in [1.54, 1.807) is 24.3 Å². The molecule has 0 aliphatic rings. The number of para-hydroxylation sites is 2. The first-order chi connectivity index (χ1) is 9.72. The van der Waals surface area contributed by atoms with E-state index in [4.69, 9.17) is 9.84 Å². The van der Waals surface area contributed by atoms with Crippen LogP contribution in [0.5, 0.6) is 5.75 Å². The van der Waals surface area contributed by atoms with Crippen LogP contribution in [0.1, 0.15) is 20.8 Å². The van der Waals surface area contributed by atoms with Gasteiger partial charge in [0.15, 0.2) is 5.60 Å². The predicted molar refractivity (Wildman–Crippen MR) is 77.5 cm³/mol. The van der Waals surface area contributed by atoms with E-state index in [1.165, 1.54) is 0 Å². The van der Waals surface area contributed by atoms with Crippen molar-refractivity contribution in [1.29, 1.82) is 0 Å². The molecule has 0 saturated carbocycles. The Morgan fingerprint density at radius 1 is 1.33 bits per heavy atom. The first-order valence-electron chi connectivity index (χ1n) is 6.48. The number of carbonyl (C=O) groups is 2. The zero-order chi connectivity index (χ0) is 16.0. The molecule has 0 aliphatic carbocycles. The van der Waals surface area contributed by atoms with Crippen LogP contribution in [0, 0.1) is 0 Å². The number of carboxylic acids is 1. The summed E-state index contributed by atoms with van der Waals surface area (Å²) in [6.07, 6.45) is -0.0521. The molecule has 1 atom stereocenters. The van der Waals surface area contributed by atoms with Gasteiger partial charge in [-0.3, -0.25) is 0 Å². The van der Waals surface area contributed by atoms with Crippen LogP contribution in [0.4, 0.5) is 10.5 Å². The highest BCUT2D eigenvalue weighted by Crippen LogP contribution is 2.24. The molecule has 0 fully saturated rings. The number of rotatable bonds is 6. The third-order valence-electron chi connectivity index (χ3n) is 2.55. The second kappa shape index (κ2) is 6.94. The van der Waals surface area contributed by atoms with Crippen LogP contribution in [0.2, 0.25) is 0 Å². The number of hydrogen-bond donors (Lipinski definition) is 4. The van der Waals surface area contributed by atoms with Gasteiger partial charge >= 0.3 is 12.0 Å². The number of aliphatic carboxylic acids is 1. The maximum absolute atomic E-state index is 11.7. The van der Waals surface area contributed by atoms with Crippen molar-refractivity contribution in [3.05, 3.63) is 24.3 Å². The smallest absolute Gasteiger partial charge is 0.337 e. The molecule has 21 heavy (non-hydrogen) atoms. The van der Waals surface area contributed by atoms with Crippen molar-refractivity contribution in [2.75, 3.05) is 11.9 Å². The summed E-state index contributed by atoms with van der Waals surface area (Å²) in [5.41, 5.74) is -1.57. The highest BCUT2D eigenvalue weighted by molar-refractivity contribution is 5.91. The first kappa shape index (κ1) is 16.8. The number of carboxylic acid groups (broad SMARTS) is 1. The lowest BCUT2D eigenvalue weighted by Gasteiger charge is -2.19. The van der Waals surface area contributed by atoms with Crippen LogP contribution in [-0.2, 0) is 4.79 Å². The number of ether oxygens (including phenoxy) is 1. The number of anilines is 1. The normalized spacial score (nSPS) is 13.4. The topological polar surface area (TPSA) is 108 Å². The van der Waals surface area contributed by atoms with Gasteiger partial charge in [-0.05, 0) is 32.9 Å². The summed E-state index contributed by atoms with van der Waals surface area (Å²) in [7, 11) is 0. The molecule has 4 N–H and O–H groups in total. The molecular formula is C14H20N2O5. The summed E-state index contributed by atoms with van der Waals surface area (Å²) in [4.78, 5) is 22.5. The maximum atomic E-state index is 11.7. The molecule has 0 saturated heterocycles. The van der Waals surface area contributed by atoms with Crippen molar-refractivity contribution < 1.29 is 24.5 Å². The van der Waals surface area contributed by atoms with Gasteiger partial charge < -0.3 is 25.6 Å². The Morgan fingerprint density at radius 2 is 1.95 bits per heavy atom. The molecule has 0 spiro atoms. The fourth-order valence-corrected chi connectivity index (χ4v) is 1.42. The van der Waals surface area contributed by atoms with E-state index >= 15 is 0 Å². The Bertz CT molecular complexity index is 514. The van der Waals surface area contributed by atoms with Gasteiger partial charge in [0.2, 0.25) is 0 Å². The Morgan fingerprint density at radius 3 is 2.52 bits per heavy atom. The number of urea groups is 1. The minimum atomic E-state index is -2.02. The quantitative estimate of drug-likeness (QED) is 0.635. The van der Waals surface area contributed by atoms with Crippen LogP contribution in [-0.4, -0.2) is 40.5 Å². The average Bonchev–Trinajstić information content (AvgIpc) is 2.38. The van der Waals surface area contributed by atoms with Gasteiger partial charge in [0, 0.05) is 0 Å². The van der Waals surface area contributed by atoms with E-state index in [1.807, 2.05) is 13.8 Å². The Labute approximate surface area is 122 Å². The number of amides is 2. The standard InChI is InChI=1S/C14H20N2O5/c1-9(2)21-11-7-5-4-6-10(11)16-13(19)15-8-14(3,20)12(17)18/h4-7,9,20H,8H2,1-3H3,(H,17,18)(H2,15,16,19). The zero-order valence-corrected chi connectivity index (χ0v) is 12.2. The van der Waals surface area contributed by atoms with Gasteiger partial charge in [-0.1, -0.05) is 12.1 Å². The van der Waals surface area contributed by atoms with Crippen LogP contribution in [0.3, 0.4) is 0 Å². The molecule has 0 heterocycles. The minimum absolute atomic E-state index is 0.0521. The van der Waals surface area contributed by atoms with E-state index in [9.17, 15) is 14.7 Å². The molecule has 2 amide bonds. The molecule has 7 nitrogen and oxygen atoms in total. The molecule has 0 aromatic heterocycles. The van der Waals surface area contributed by atoms with E-state index in [-0.39, 0.29) is 6.10 Å². The van der Waals surface area contributed by atoms with Crippen molar-refractivity contribution in [3.63, 3.8) is 0 Å². The van der Waals surface area contributed by atoms with Gasteiger partial charge in [0.25, 0.3) is 0 Å². The number of carbonyl (C=O) groups excluding carboxylic acids is 1. The van der Waals surface area contributed by atoms with Gasteiger partial charge in [-0.25, -0.2) is 9.59 Å². The third-order valence-corrected chi connectivity index (χ3v) is 2.55. The van der Waals surface area contributed by atoms with E-state index in [2.05, 4.69) is 10.6 Å². The van der Waals surface area contributed by atoms with E-state index in [0.717, 1.165) is 6.92 Å². The fraction of sp³-hybridized carbons (Fsp3) is 0.429. The van der Waals surface area contributed by atoms with E-state index < -0.39 is 24.1 Å². The Kier molecular flexibility index (Phi) is 5.54. The lowest BCUT2D eigenvalue weighted by molar-refractivity contribution is -0.155. The summed E-state index contributed by atoms with van der Waals surface area (Å²) in [6, 6.07) is 6.25. The summed E-state index contributed by atoms with van der Waals surface area (Å²) >= 11 is 0. The van der Waals surface area contributed by atoms with Crippen LogP contribution in [0.15, 0.2) is 24.3 Å². The molecule has 1 unspecified atom stereocenters. The van der Waals surface area contributed by atoms with Crippen molar-refractivity contribution in [3.8, 4) is 5.75 Å². The molecule has 1 aromatic carbocycles. The molecule has 7 heteroatoms. The predicted octanol–water partition coefficient (Wildman–Crippen LogP) is 1.43. The number of aliphatic hydroxyl groups is 1. The molecular weight excluding hydrogens is 276 g/mol. The van der Waals surface area contributed by atoms with Crippen LogP contribution < -0.4 is 15.4 Å². The molecule has 116 valence electrons. The first-order valence-corrected chi connectivity index (χ1v) is 6.48. The molecule has 1 rings (SSSR count). The molecule has 1 aromatic rings. The highest BCUT2D eigenvalue weighted by atomic mass is 16.5. The van der Waals surface area contributed by atoms with Crippen LogP contribution in [0.25, 0.3) is 0 Å². The number of hydrogen-bond acceptors (Lipinski definition) is 4. The summed E-state index contributed by atoms with van der Waals surface area (Å²) in [5, 5.41) is 23.1. The number of nitrogens with one attached hydrogen (secondary N) is 2. The SMILES string of the molecule is CC(C)Oc1ccccc1NC(=O)NCC(C)(O)C(=O)O. The second-order valence-electron chi connectivity index (χ2n) is 5.05. The van der Waals surface area contributed by atoms with Crippen molar-refractivity contribution in [2.24, 2.45) is 0 Å². The lowest BCUT2D eigenvalue weighted by Crippen LogP contribution is -2.47. The largest absolute Gasteiger partial charge is 0.489 e. The number of benzene rings is 1. The summed E-state index contributed by atoms with van der Waals surface area (Å²) < 4.78 is 5.54. The van der Waals surface area contributed by atoms with Gasteiger partial charge in [-0.2, -0.15) is 0 Å². The summed E-state index contributed by atoms with van der Waals surface area (Å²) in [6.45, 7) is 4.41. The average molecular weight is 296 g/mol. The molecule has 0 bridgehead atoms. The third kappa shape index (κ3) is 5.31. The van der Waals surface area contributed by atoms with Crippen LogP contribution >= 0.6 is 0 Å². The molecule has 0 aliphatic heterocycles. The maximum Gasteiger partial charge on any atom is 0.337 e. The van der Waals surface area contributed by atoms with Gasteiger partial charge in [-0.15, -0.1) is 0 Å². The Balaban J connectivity index is 2.65. The van der Waals surface area contributed by atoms with Crippen molar-refractivity contribution in [2.45, 2.75) is 32.5 Å². The molecule has 0 radical (unpaired) electrons. The minimum Gasteiger partial charge on any atom is -0.489 e. The van der Waals surface area contributed by atoms with E-state index in [0.29, 0.717) is 11.4 Å². The van der Waals surface area contributed by atoms with Crippen molar-refractivity contribution in [1.82, 2.24) is 5.32 Å². The van der Waals surface area contributed by atoms with Gasteiger partial charge in [0.1, 0.15) is 5.75 Å². The summed E-state index contributed by atoms with van der Waals surface area (Å²) in [5.74, 6) is -0.904. The Hall–Kier alpha value is -2.28. The monoisotopic (exact) mass is 296 g/mol. The van der Waals surface area contributed by atoms with Crippen molar-refractivity contribution >= 4 is 17.7 Å². The lowest BCUT2D eigenvalue weighted by atomic mass is 10.1. The van der Waals surface area contributed by atoms with Gasteiger partial charge in [0.05, 0.1) is 18.3 Å². The highest BCUT2D eigenvalue weighted by Gasteiger charge is 2.30. The fourth-order valence-electron chi connectivity index (χ4n) is 1.42.